The Labute approximate surface area is 126 Å². The molecule has 0 radical (unpaired) electrons. The van der Waals surface area contributed by atoms with Gasteiger partial charge in [0.05, 0.1) is 6.54 Å². The predicted octanol–water partition coefficient (Wildman–Crippen LogP) is 3.35. The molecule has 1 saturated heterocycles. The summed E-state index contributed by atoms with van der Waals surface area (Å²) >= 11 is 0. The van der Waals surface area contributed by atoms with Gasteiger partial charge in [0.25, 0.3) is 0 Å². The Kier molecular flexibility index (Phi) is 10.9. The van der Waals surface area contributed by atoms with Crippen molar-refractivity contribution in [1.82, 2.24) is 10.2 Å². The minimum atomic E-state index is 0.722. The van der Waals surface area contributed by atoms with Gasteiger partial charge in [-0.1, -0.05) is 46.0 Å². The van der Waals surface area contributed by atoms with Crippen LogP contribution < -0.4 is 5.32 Å². The van der Waals surface area contributed by atoms with E-state index < -0.39 is 0 Å². The van der Waals surface area contributed by atoms with Crippen LogP contribution in [0.15, 0.2) is 4.99 Å². The van der Waals surface area contributed by atoms with Crippen LogP contribution in [0.3, 0.4) is 0 Å². The molecular weight excluding hydrogens is 246 g/mol. The van der Waals surface area contributed by atoms with Gasteiger partial charge in [-0.05, 0) is 18.8 Å². The van der Waals surface area contributed by atoms with E-state index in [2.05, 4.69) is 30.3 Å². The Bertz CT molecular complexity index is 234. The van der Waals surface area contributed by atoms with Gasteiger partial charge in [0.1, 0.15) is 0 Å². The lowest BCUT2D eigenvalue weighted by Crippen LogP contribution is -2.44. The summed E-state index contributed by atoms with van der Waals surface area (Å²) < 4.78 is 0. The molecule has 1 N–H and O–H groups in total. The minimum Gasteiger partial charge on any atom is -0.314 e. The average Bonchev–Trinajstić information content (AvgIpc) is 2.49. The second kappa shape index (κ2) is 12.3. The summed E-state index contributed by atoms with van der Waals surface area (Å²) in [5.74, 6) is 0.722. The van der Waals surface area contributed by atoms with Crippen LogP contribution in [0, 0.1) is 5.92 Å². The van der Waals surface area contributed by atoms with Crippen LogP contribution in [0.4, 0.5) is 0 Å². The maximum absolute atomic E-state index is 4.70. The highest BCUT2D eigenvalue weighted by molar-refractivity contribution is 5.60. The summed E-state index contributed by atoms with van der Waals surface area (Å²) in [6.07, 6.45) is 11.7. The molecule has 0 bridgehead atoms. The van der Waals surface area contributed by atoms with Crippen LogP contribution in [0.2, 0.25) is 0 Å². The summed E-state index contributed by atoms with van der Waals surface area (Å²) in [7, 11) is 0. The molecule has 1 unspecified atom stereocenters. The van der Waals surface area contributed by atoms with Gasteiger partial charge in [-0.15, -0.1) is 0 Å². The molecule has 20 heavy (non-hydrogen) atoms. The van der Waals surface area contributed by atoms with E-state index >= 15 is 0 Å². The topological polar surface area (TPSA) is 27.6 Å². The van der Waals surface area contributed by atoms with Crippen molar-refractivity contribution in [1.29, 1.82) is 0 Å². The fourth-order valence-corrected chi connectivity index (χ4v) is 2.86. The van der Waals surface area contributed by atoms with Gasteiger partial charge < -0.3 is 5.32 Å². The Hall–Kier alpha value is -0.410. The molecule has 3 heteroatoms. The van der Waals surface area contributed by atoms with E-state index in [1.807, 2.05) is 0 Å². The molecule has 0 spiro atoms. The fraction of sp³-hybridized carbons (Fsp3) is 0.941. The third kappa shape index (κ3) is 8.70. The van der Waals surface area contributed by atoms with Crippen molar-refractivity contribution in [2.24, 2.45) is 10.9 Å². The molecule has 0 saturated carbocycles. The molecule has 1 rings (SSSR count). The number of nitrogens with one attached hydrogen (secondary N) is 1. The van der Waals surface area contributed by atoms with E-state index in [-0.39, 0.29) is 0 Å². The van der Waals surface area contributed by atoms with Crippen molar-refractivity contribution in [2.45, 2.75) is 58.8 Å². The van der Waals surface area contributed by atoms with E-state index in [4.69, 9.17) is 4.99 Å². The second-order valence-electron chi connectivity index (χ2n) is 6.04. The Morgan fingerprint density at radius 3 is 2.55 bits per heavy atom. The summed E-state index contributed by atoms with van der Waals surface area (Å²) in [4.78, 5) is 7.21. The van der Waals surface area contributed by atoms with E-state index in [1.165, 1.54) is 58.0 Å². The monoisotopic (exact) mass is 281 g/mol. The zero-order valence-corrected chi connectivity index (χ0v) is 13.7. The summed E-state index contributed by atoms with van der Waals surface area (Å²) in [5, 5.41) is 3.39. The summed E-state index contributed by atoms with van der Waals surface area (Å²) in [6.45, 7) is 11.3. The molecule has 0 aliphatic carbocycles. The summed E-state index contributed by atoms with van der Waals surface area (Å²) in [6, 6.07) is 0. The standard InChI is InChI=1S/C17H35N3/c1-3-5-6-7-9-17(8-4-2)16-19-12-15-20-13-10-18-11-14-20/h16-18H,3-15H2,1-2H3. The first kappa shape index (κ1) is 17.6. The highest BCUT2D eigenvalue weighted by Gasteiger charge is 2.08. The van der Waals surface area contributed by atoms with E-state index in [0.29, 0.717) is 0 Å². The Morgan fingerprint density at radius 1 is 1.05 bits per heavy atom. The van der Waals surface area contributed by atoms with Gasteiger partial charge >= 0.3 is 0 Å². The van der Waals surface area contributed by atoms with Gasteiger partial charge in [0.2, 0.25) is 0 Å². The molecule has 118 valence electrons. The van der Waals surface area contributed by atoms with Gasteiger partial charge in [0, 0.05) is 38.9 Å². The van der Waals surface area contributed by atoms with E-state index in [0.717, 1.165) is 32.1 Å². The first-order valence-electron chi connectivity index (χ1n) is 8.79. The number of aliphatic imine (C=N–C) groups is 1. The summed E-state index contributed by atoms with van der Waals surface area (Å²) in [5.41, 5.74) is 0. The van der Waals surface area contributed by atoms with Crippen molar-refractivity contribution >= 4 is 6.21 Å². The van der Waals surface area contributed by atoms with Crippen molar-refractivity contribution in [3.63, 3.8) is 0 Å². The molecule has 0 aromatic carbocycles. The Balaban J connectivity index is 2.13. The minimum absolute atomic E-state index is 0.722. The second-order valence-corrected chi connectivity index (χ2v) is 6.04. The molecular formula is C17H35N3. The SMILES string of the molecule is CCCCCCC(C=NCCN1CCNCC1)CCC. The van der Waals surface area contributed by atoms with Gasteiger partial charge in [-0.2, -0.15) is 0 Å². The van der Waals surface area contributed by atoms with E-state index in [9.17, 15) is 0 Å². The number of piperazine rings is 1. The lowest BCUT2D eigenvalue weighted by molar-refractivity contribution is 0.247. The maximum Gasteiger partial charge on any atom is 0.0513 e. The third-order valence-corrected chi connectivity index (χ3v) is 4.16. The highest BCUT2D eigenvalue weighted by atomic mass is 15.2. The molecule has 3 nitrogen and oxygen atoms in total. The van der Waals surface area contributed by atoms with Crippen LogP contribution >= 0.6 is 0 Å². The highest BCUT2D eigenvalue weighted by Crippen LogP contribution is 2.14. The molecule has 1 aliphatic heterocycles. The van der Waals surface area contributed by atoms with Gasteiger partial charge in [0.15, 0.2) is 0 Å². The number of hydrogen-bond donors (Lipinski definition) is 1. The quantitative estimate of drug-likeness (QED) is 0.464. The Morgan fingerprint density at radius 2 is 1.85 bits per heavy atom. The third-order valence-electron chi connectivity index (χ3n) is 4.16. The van der Waals surface area contributed by atoms with Crippen molar-refractivity contribution in [3.05, 3.63) is 0 Å². The maximum atomic E-state index is 4.70. The largest absolute Gasteiger partial charge is 0.314 e. The van der Waals surface area contributed by atoms with Crippen LogP contribution in [0.25, 0.3) is 0 Å². The average molecular weight is 281 g/mol. The van der Waals surface area contributed by atoms with Crippen LogP contribution in [-0.2, 0) is 0 Å². The molecule has 0 aromatic rings. The molecule has 1 atom stereocenters. The molecule has 0 aromatic heterocycles. The van der Waals surface area contributed by atoms with Crippen molar-refractivity contribution in [3.8, 4) is 0 Å². The predicted molar refractivity (Wildman–Crippen MR) is 89.8 cm³/mol. The van der Waals surface area contributed by atoms with Crippen molar-refractivity contribution < 1.29 is 0 Å². The van der Waals surface area contributed by atoms with Crippen molar-refractivity contribution in [2.75, 3.05) is 39.3 Å². The zero-order chi connectivity index (χ0) is 14.5. The number of rotatable bonds is 11. The zero-order valence-electron chi connectivity index (χ0n) is 13.7. The number of unbranched alkanes of at least 4 members (excludes halogenated alkanes) is 3. The lowest BCUT2D eigenvalue weighted by Gasteiger charge is -2.26. The lowest BCUT2D eigenvalue weighted by atomic mass is 9.97. The fourth-order valence-electron chi connectivity index (χ4n) is 2.86. The molecule has 1 aliphatic rings. The first-order valence-corrected chi connectivity index (χ1v) is 8.79. The van der Waals surface area contributed by atoms with Crippen LogP contribution in [0.5, 0.6) is 0 Å². The molecule has 1 heterocycles. The first-order chi connectivity index (χ1) is 9.86. The van der Waals surface area contributed by atoms with Gasteiger partial charge in [-0.25, -0.2) is 0 Å². The smallest absolute Gasteiger partial charge is 0.0513 e. The normalized spacial score (nSPS) is 18.7. The van der Waals surface area contributed by atoms with Crippen LogP contribution in [-0.4, -0.2) is 50.4 Å². The molecule has 0 amide bonds. The van der Waals surface area contributed by atoms with Crippen LogP contribution in [0.1, 0.15) is 58.8 Å². The molecule has 1 fully saturated rings. The van der Waals surface area contributed by atoms with E-state index in [1.54, 1.807) is 0 Å². The number of nitrogens with zero attached hydrogens (tertiary/aromatic N) is 2. The van der Waals surface area contributed by atoms with Gasteiger partial charge in [-0.3, -0.25) is 9.89 Å². The number of hydrogen-bond acceptors (Lipinski definition) is 3.